The largest absolute Gasteiger partial charge is 0.416 e. The Morgan fingerprint density at radius 2 is 1.51 bits per heavy atom. The molecule has 3 aromatic carbocycles. The molecule has 4 amide bonds. The van der Waals surface area contributed by atoms with Crippen LogP contribution >= 0.6 is 0 Å². The highest BCUT2D eigenvalue weighted by atomic mass is 19.4. The second kappa shape index (κ2) is 16.8. The summed E-state index contributed by atoms with van der Waals surface area (Å²) < 4.78 is 38.5. The number of nitrogens with one attached hydrogen (secondary N) is 3. The van der Waals surface area contributed by atoms with Gasteiger partial charge in [0.2, 0.25) is 17.7 Å². The number of hydrogen-bond acceptors (Lipinski definition) is 5. The molecule has 0 bridgehead atoms. The van der Waals surface area contributed by atoms with Crippen molar-refractivity contribution in [3.63, 3.8) is 0 Å². The Morgan fingerprint density at radius 3 is 2.14 bits per heavy atom. The van der Waals surface area contributed by atoms with E-state index in [0.29, 0.717) is 38.6 Å². The van der Waals surface area contributed by atoms with Gasteiger partial charge in [0.15, 0.2) is 5.96 Å². The lowest BCUT2D eigenvalue weighted by Gasteiger charge is -2.29. The highest BCUT2D eigenvalue weighted by Crippen LogP contribution is 2.30. The monoisotopic (exact) mass is 681 g/mol. The number of amides is 4. The van der Waals surface area contributed by atoms with E-state index in [1.54, 1.807) is 0 Å². The van der Waals surface area contributed by atoms with Crippen molar-refractivity contribution < 1.29 is 32.3 Å². The lowest BCUT2D eigenvalue weighted by molar-refractivity contribution is -0.137. The summed E-state index contributed by atoms with van der Waals surface area (Å²) >= 11 is 0. The predicted octanol–water partition coefficient (Wildman–Crippen LogP) is 3.15. The van der Waals surface area contributed by atoms with Crippen molar-refractivity contribution in [1.82, 2.24) is 16.0 Å². The number of guanidine groups is 1. The van der Waals surface area contributed by atoms with Gasteiger partial charge in [0.25, 0.3) is 5.91 Å². The Labute approximate surface area is 282 Å². The number of fused-ring (bicyclic) bond motifs is 1. The molecule has 0 spiro atoms. The van der Waals surface area contributed by atoms with Crippen LogP contribution in [0.1, 0.15) is 60.0 Å². The smallest absolute Gasteiger partial charge is 0.370 e. The van der Waals surface area contributed by atoms with Crippen LogP contribution in [0.3, 0.4) is 0 Å². The Hall–Kier alpha value is -5.14. The fourth-order valence-electron chi connectivity index (χ4n) is 5.94. The number of primary amides is 1. The molecule has 2 atom stereocenters. The number of alkyl halides is 3. The average molecular weight is 682 g/mol. The molecular weight excluding hydrogens is 639 g/mol. The van der Waals surface area contributed by atoms with Crippen molar-refractivity contribution in [3.05, 3.63) is 83.4 Å². The molecule has 1 aliphatic rings. The van der Waals surface area contributed by atoms with E-state index in [1.807, 2.05) is 42.5 Å². The van der Waals surface area contributed by atoms with Crippen LogP contribution < -0.4 is 33.2 Å². The van der Waals surface area contributed by atoms with Crippen molar-refractivity contribution in [2.24, 2.45) is 34.0 Å². The topological polar surface area (TPSA) is 195 Å². The summed E-state index contributed by atoms with van der Waals surface area (Å²) in [6, 6.07) is 15.5. The van der Waals surface area contributed by atoms with E-state index >= 15 is 0 Å². The first-order chi connectivity index (χ1) is 23.3. The number of halogens is 3. The van der Waals surface area contributed by atoms with Crippen molar-refractivity contribution in [1.29, 1.82) is 0 Å². The van der Waals surface area contributed by atoms with Gasteiger partial charge in [-0.05, 0) is 85.0 Å². The van der Waals surface area contributed by atoms with E-state index in [9.17, 15) is 32.3 Å². The van der Waals surface area contributed by atoms with Gasteiger partial charge >= 0.3 is 6.18 Å². The van der Waals surface area contributed by atoms with Gasteiger partial charge in [0.1, 0.15) is 12.1 Å². The number of nitrogens with two attached hydrogens (primary N) is 3. The van der Waals surface area contributed by atoms with Gasteiger partial charge in [0, 0.05) is 31.0 Å². The summed E-state index contributed by atoms with van der Waals surface area (Å²) in [5.74, 6) is -2.44. The maximum atomic E-state index is 13.5. The molecule has 0 unspecified atom stereocenters. The van der Waals surface area contributed by atoms with Gasteiger partial charge in [-0.3, -0.25) is 24.2 Å². The van der Waals surface area contributed by atoms with Gasteiger partial charge in [-0.2, -0.15) is 13.2 Å². The maximum Gasteiger partial charge on any atom is 0.416 e. The molecule has 0 radical (unpaired) electrons. The summed E-state index contributed by atoms with van der Waals surface area (Å²) in [4.78, 5) is 55.6. The van der Waals surface area contributed by atoms with Crippen LogP contribution in [0.15, 0.2) is 71.7 Å². The number of rotatable bonds is 14. The van der Waals surface area contributed by atoms with Gasteiger partial charge < -0.3 is 33.2 Å². The molecule has 14 heteroatoms. The van der Waals surface area contributed by atoms with E-state index in [2.05, 4.69) is 20.9 Å². The standard InChI is InChI=1S/C35H42F3N7O4/c36-35(37,38)27-15-13-24(14-16-27)31(47)43-20-21-7-11-25(12-8-21)32(48)44-28(6-3-17-42-34(40)41)33(49)45-29(30(39)46)19-22-9-10-23-4-1-2-5-26(23)18-22/h1-2,4-5,9-10,13-16,18,21,25,28-29H,3,6-8,11-12,17,19-20H2,(H2,39,46)(H,43,47)(H,44,48)(H,45,49)(H4,40,41,42)/t21?,25?,28-,29-/m0/s1. The first-order valence-corrected chi connectivity index (χ1v) is 16.2. The molecule has 0 saturated heterocycles. The number of aliphatic imine (C=N–C) groups is 1. The van der Waals surface area contributed by atoms with Gasteiger partial charge in [-0.15, -0.1) is 0 Å². The van der Waals surface area contributed by atoms with E-state index in [1.165, 1.54) is 0 Å². The van der Waals surface area contributed by atoms with E-state index in [-0.39, 0.29) is 48.7 Å². The van der Waals surface area contributed by atoms with Crippen LogP contribution in [-0.2, 0) is 27.0 Å². The van der Waals surface area contributed by atoms with Crippen LogP contribution in [0.25, 0.3) is 10.8 Å². The number of hydrogen-bond donors (Lipinski definition) is 6. The highest BCUT2D eigenvalue weighted by molar-refractivity contribution is 5.94. The molecule has 3 aromatic rings. The molecular formula is C35H42F3N7O4. The molecule has 49 heavy (non-hydrogen) atoms. The zero-order valence-corrected chi connectivity index (χ0v) is 27.0. The molecule has 1 fully saturated rings. The molecule has 11 nitrogen and oxygen atoms in total. The maximum absolute atomic E-state index is 13.5. The number of nitrogens with zero attached hydrogens (tertiary/aromatic N) is 1. The van der Waals surface area contributed by atoms with E-state index < -0.39 is 41.5 Å². The molecule has 9 N–H and O–H groups in total. The van der Waals surface area contributed by atoms with Crippen LogP contribution in [0.4, 0.5) is 13.2 Å². The Morgan fingerprint density at radius 1 is 0.837 bits per heavy atom. The zero-order chi connectivity index (χ0) is 35.6. The number of benzene rings is 3. The van der Waals surface area contributed by atoms with E-state index in [0.717, 1.165) is 40.6 Å². The second-order valence-electron chi connectivity index (χ2n) is 12.4. The summed E-state index contributed by atoms with van der Waals surface area (Å²) in [6.07, 6.45) is -1.44. The average Bonchev–Trinajstić information content (AvgIpc) is 3.07. The molecule has 262 valence electrons. The Balaban J connectivity index is 1.32. The molecule has 0 heterocycles. The van der Waals surface area contributed by atoms with Crippen molar-refractivity contribution in [2.75, 3.05) is 13.1 Å². The van der Waals surface area contributed by atoms with Crippen molar-refractivity contribution in [3.8, 4) is 0 Å². The Kier molecular flexibility index (Phi) is 12.6. The van der Waals surface area contributed by atoms with Crippen LogP contribution in [-0.4, -0.2) is 54.8 Å². The summed E-state index contributed by atoms with van der Waals surface area (Å²) in [6.45, 7) is 0.553. The minimum absolute atomic E-state index is 0.0764. The third-order valence-electron chi connectivity index (χ3n) is 8.74. The third-order valence-corrected chi connectivity index (χ3v) is 8.74. The first-order valence-electron chi connectivity index (χ1n) is 16.2. The molecule has 0 aliphatic heterocycles. The minimum Gasteiger partial charge on any atom is -0.370 e. The van der Waals surface area contributed by atoms with Crippen LogP contribution in [0.5, 0.6) is 0 Å². The highest BCUT2D eigenvalue weighted by Gasteiger charge is 2.32. The van der Waals surface area contributed by atoms with Gasteiger partial charge in [-0.1, -0.05) is 42.5 Å². The second-order valence-corrected chi connectivity index (χ2v) is 12.4. The fraction of sp³-hybridized carbons (Fsp3) is 0.400. The lowest BCUT2D eigenvalue weighted by Crippen LogP contribution is -2.54. The zero-order valence-electron chi connectivity index (χ0n) is 27.0. The quantitative estimate of drug-likeness (QED) is 0.0859. The van der Waals surface area contributed by atoms with Crippen LogP contribution in [0, 0.1) is 11.8 Å². The first kappa shape index (κ1) is 36.7. The lowest BCUT2D eigenvalue weighted by atomic mass is 9.81. The molecule has 4 rings (SSSR count). The van der Waals surface area contributed by atoms with Gasteiger partial charge in [0.05, 0.1) is 5.56 Å². The number of carbonyl (C=O) groups excluding carboxylic acids is 4. The van der Waals surface area contributed by atoms with Crippen LogP contribution in [0.2, 0.25) is 0 Å². The van der Waals surface area contributed by atoms with Crippen molar-refractivity contribution in [2.45, 2.75) is 63.2 Å². The molecule has 1 aliphatic carbocycles. The number of carbonyl (C=O) groups is 4. The minimum atomic E-state index is -4.48. The summed E-state index contributed by atoms with van der Waals surface area (Å²) in [7, 11) is 0. The SMILES string of the molecule is NC(=O)[C@H](Cc1ccc2ccccc2c1)NC(=O)[C@H](CCCN=C(N)N)NC(=O)C1CCC(CNC(=O)c2ccc(C(F)(F)F)cc2)CC1. The summed E-state index contributed by atoms with van der Waals surface area (Å²) in [5, 5.41) is 10.3. The normalized spacial score (nSPS) is 17.4. The summed E-state index contributed by atoms with van der Waals surface area (Å²) in [5.41, 5.74) is 16.6. The van der Waals surface area contributed by atoms with Crippen molar-refractivity contribution >= 4 is 40.4 Å². The fourth-order valence-corrected chi connectivity index (χ4v) is 5.94. The Bertz CT molecular complexity index is 1650. The van der Waals surface area contributed by atoms with E-state index in [4.69, 9.17) is 17.2 Å². The third kappa shape index (κ3) is 10.9. The van der Waals surface area contributed by atoms with Gasteiger partial charge in [-0.25, -0.2) is 0 Å². The molecule has 0 aromatic heterocycles. The predicted molar refractivity (Wildman–Crippen MR) is 180 cm³/mol. The molecule has 1 saturated carbocycles.